The van der Waals surface area contributed by atoms with Crippen molar-refractivity contribution in [3.63, 3.8) is 0 Å². The zero-order valence-corrected chi connectivity index (χ0v) is 13.0. The molecule has 0 amide bonds. The van der Waals surface area contributed by atoms with Gasteiger partial charge in [-0.3, -0.25) is 0 Å². The number of fused-ring (bicyclic) bond motifs is 1. The highest BCUT2D eigenvalue weighted by Gasteiger charge is 2.42. The van der Waals surface area contributed by atoms with Gasteiger partial charge in [0.25, 0.3) is 0 Å². The van der Waals surface area contributed by atoms with E-state index in [0.29, 0.717) is 0 Å². The molecule has 1 aliphatic heterocycles. The number of hydrogen-bond donors (Lipinski definition) is 0. The van der Waals surface area contributed by atoms with Gasteiger partial charge in [0.2, 0.25) is 0 Å². The molecule has 0 radical (unpaired) electrons. The van der Waals surface area contributed by atoms with Gasteiger partial charge < -0.3 is 0 Å². The lowest BCUT2D eigenvalue weighted by Gasteiger charge is -2.28. The molecule has 0 aliphatic carbocycles. The van der Waals surface area contributed by atoms with Crippen LogP contribution in [-0.2, 0) is 4.08 Å². The molecule has 0 fully saturated rings. The molecule has 0 bridgehead atoms. The van der Waals surface area contributed by atoms with Crippen LogP contribution in [0.5, 0.6) is 0 Å². The highest BCUT2D eigenvalue weighted by atomic mass is 32.2. The van der Waals surface area contributed by atoms with Crippen LogP contribution in [0.1, 0.15) is 11.1 Å². The van der Waals surface area contributed by atoms with Gasteiger partial charge in [0.1, 0.15) is 4.08 Å². The van der Waals surface area contributed by atoms with Crippen LogP contribution < -0.4 is 0 Å². The van der Waals surface area contributed by atoms with Gasteiger partial charge in [-0.05, 0) is 23.3 Å². The molecule has 0 atom stereocenters. The third-order valence-electron chi connectivity index (χ3n) is 3.66. The molecule has 0 spiro atoms. The first-order valence-electron chi connectivity index (χ1n) is 6.97. The smallest absolute Gasteiger partial charge is 0.0970 e. The van der Waals surface area contributed by atoms with Crippen molar-refractivity contribution in [3.05, 3.63) is 96.1 Å². The summed E-state index contributed by atoms with van der Waals surface area (Å²) in [5, 5.41) is 0. The average Bonchev–Trinajstić information content (AvgIpc) is 2.97. The van der Waals surface area contributed by atoms with Gasteiger partial charge in [0.05, 0.1) is 0 Å². The number of benzene rings is 3. The molecule has 0 saturated carbocycles. The minimum absolute atomic E-state index is 0.0772. The minimum Gasteiger partial charge on any atom is -0.0970 e. The van der Waals surface area contributed by atoms with Crippen LogP contribution in [0.15, 0.2) is 94.7 Å². The lowest BCUT2D eigenvalue weighted by Crippen LogP contribution is -2.16. The largest absolute Gasteiger partial charge is 0.120 e. The molecule has 102 valence electrons. The van der Waals surface area contributed by atoms with E-state index in [2.05, 4.69) is 84.9 Å². The Hall–Kier alpha value is -1.64. The predicted octanol–water partition coefficient (Wildman–Crippen LogP) is 5.79. The van der Waals surface area contributed by atoms with E-state index >= 15 is 0 Å². The van der Waals surface area contributed by atoms with Crippen molar-refractivity contribution >= 4 is 23.5 Å². The molecule has 0 nitrogen and oxygen atoms in total. The predicted molar refractivity (Wildman–Crippen MR) is 91.8 cm³/mol. The maximum absolute atomic E-state index is 2.24. The second kappa shape index (κ2) is 5.28. The van der Waals surface area contributed by atoms with E-state index in [4.69, 9.17) is 0 Å². The molecule has 3 aromatic rings. The summed E-state index contributed by atoms with van der Waals surface area (Å²) in [6, 6.07) is 30.3. The Balaban J connectivity index is 1.90. The van der Waals surface area contributed by atoms with Gasteiger partial charge in [-0.1, -0.05) is 96.3 Å². The van der Waals surface area contributed by atoms with E-state index in [0.717, 1.165) is 0 Å². The second-order valence-corrected chi connectivity index (χ2v) is 7.77. The summed E-state index contributed by atoms with van der Waals surface area (Å²) in [7, 11) is 0. The normalized spacial score (nSPS) is 15.6. The van der Waals surface area contributed by atoms with Gasteiger partial charge in [-0.2, -0.15) is 0 Å². The topological polar surface area (TPSA) is 0 Å². The van der Waals surface area contributed by atoms with Crippen LogP contribution in [0.2, 0.25) is 0 Å². The number of hydrogen-bond acceptors (Lipinski definition) is 2. The van der Waals surface area contributed by atoms with Gasteiger partial charge in [-0.25, -0.2) is 0 Å². The molecular weight excluding hydrogens is 292 g/mol. The van der Waals surface area contributed by atoms with Crippen molar-refractivity contribution in [2.75, 3.05) is 0 Å². The highest BCUT2D eigenvalue weighted by Crippen LogP contribution is 2.64. The summed E-state index contributed by atoms with van der Waals surface area (Å²) >= 11 is 3.91. The molecule has 1 heterocycles. The molecule has 0 N–H and O–H groups in total. The fraction of sp³-hybridized carbons (Fsp3) is 0.0526. The summed E-state index contributed by atoms with van der Waals surface area (Å²) in [6.45, 7) is 0. The quantitative estimate of drug-likeness (QED) is 0.588. The molecule has 1 aliphatic rings. The monoisotopic (exact) mass is 306 g/mol. The zero-order chi connectivity index (χ0) is 14.1. The Morgan fingerprint density at radius 2 is 0.857 bits per heavy atom. The molecular formula is C19H14S2. The Labute approximate surface area is 133 Å². The van der Waals surface area contributed by atoms with Gasteiger partial charge in [-0.15, -0.1) is 0 Å². The molecule has 0 aromatic heterocycles. The Kier molecular flexibility index (Phi) is 3.28. The summed E-state index contributed by atoms with van der Waals surface area (Å²) in [5.74, 6) is 0. The number of thioether (sulfide) groups is 2. The molecule has 0 unspecified atom stereocenters. The third-order valence-corrected chi connectivity index (χ3v) is 6.96. The third kappa shape index (κ3) is 2.19. The Morgan fingerprint density at radius 3 is 1.29 bits per heavy atom. The van der Waals surface area contributed by atoms with E-state index < -0.39 is 0 Å². The molecule has 2 heteroatoms. The van der Waals surface area contributed by atoms with Gasteiger partial charge in [0.15, 0.2) is 0 Å². The zero-order valence-electron chi connectivity index (χ0n) is 11.4. The number of rotatable bonds is 2. The molecule has 4 rings (SSSR count). The van der Waals surface area contributed by atoms with Crippen molar-refractivity contribution in [1.29, 1.82) is 0 Å². The highest BCUT2D eigenvalue weighted by molar-refractivity contribution is 8.20. The van der Waals surface area contributed by atoms with Crippen molar-refractivity contribution in [2.45, 2.75) is 13.9 Å². The van der Waals surface area contributed by atoms with Crippen LogP contribution in [0.3, 0.4) is 0 Å². The Morgan fingerprint density at radius 1 is 0.476 bits per heavy atom. The summed E-state index contributed by atoms with van der Waals surface area (Å²) in [5.41, 5.74) is 2.70. The van der Waals surface area contributed by atoms with E-state index in [1.165, 1.54) is 20.9 Å². The van der Waals surface area contributed by atoms with Crippen LogP contribution >= 0.6 is 23.5 Å². The second-order valence-electron chi connectivity index (χ2n) is 5.00. The fourth-order valence-electron chi connectivity index (χ4n) is 2.67. The molecule has 3 aromatic carbocycles. The first-order chi connectivity index (χ1) is 10.4. The lowest BCUT2D eigenvalue weighted by molar-refractivity contribution is 1.08. The van der Waals surface area contributed by atoms with Crippen molar-refractivity contribution in [2.24, 2.45) is 0 Å². The Bertz CT molecular complexity index is 684. The van der Waals surface area contributed by atoms with Crippen LogP contribution in [-0.4, -0.2) is 0 Å². The molecule has 21 heavy (non-hydrogen) atoms. The first-order valence-corrected chi connectivity index (χ1v) is 8.60. The fourth-order valence-corrected chi connectivity index (χ4v) is 5.89. The standard InChI is InChI=1S/C19H14S2/c1-3-9-15(10-4-1)19(16-11-5-2-6-12-16)20-17-13-7-8-14-18(17)21-19/h1-14H. The van der Waals surface area contributed by atoms with Crippen molar-refractivity contribution < 1.29 is 0 Å². The lowest BCUT2D eigenvalue weighted by atomic mass is 10.0. The summed E-state index contributed by atoms with van der Waals surface area (Å²) in [6.07, 6.45) is 0. The summed E-state index contributed by atoms with van der Waals surface area (Å²) < 4.78 is -0.0772. The van der Waals surface area contributed by atoms with Crippen molar-refractivity contribution in [3.8, 4) is 0 Å². The maximum Gasteiger partial charge on any atom is 0.120 e. The van der Waals surface area contributed by atoms with E-state index in [1.54, 1.807) is 0 Å². The van der Waals surface area contributed by atoms with Gasteiger partial charge >= 0.3 is 0 Å². The average molecular weight is 306 g/mol. The SMILES string of the molecule is c1ccc(C2(c3ccccc3)Sc3ccccc3S2)cc1. The van der Waals surface area contributed by atoms with Crippen LogP contribution in [0.25, 0.3) is 0 Å². The first kappa shape index (κ1) is 13.1. The van der Waals surface area contributed by atoms with E-state index in [9.17, 15) is 0 Å². The maximum atomic E-state index is 2.24. The molecule has 0 saturated heterocycles. The van der Waals surface area contributed by atoms with Crippen LogP contribution in [0.4, 0.5) is 0 Å². The van der Waals surface area contributed by atoms with E-state index in [1.807, 2.05) is 23.5 Å². The van der Waals surface area contributed by atoms with Crippen molar-refractivity contribution in [1.82, 2.24) is 0 Å². The van der Waals surface area contributed by atoms with Crippen LogP contribution in [0, 0.1) is 0 Å². The van der Waals surface area contributed by atoms with E-state index in [-0.39, 0.29) is 4.08 Å². The summed E-state index contributed by atoms with van der Waals surface area (Å²) in [4.78, 5) is 2.74. The minimum atomic E-state index is -0.0772. The van der Waals surface area contributed by atoms with Gasteiger partial charge in [0, 0.05) is 9.79 Å².